The predicted octanol–water partition coefficient (Wildman–Crippen LogP) is 4.52. The SMILES string of the molecule is CNC(CCSc1ccc([N+](=O)[O-])cc1)c1ccc(OC(=O)N(C)C)cc1.Cl. The van der Waals surface area contributed by atoms with E-state index in [0.29, 0.717) is 5.75 Å². The zero-order chi connectivity index (χ0) is 19.8. The van der Waals surface area contributed by atoms with Crippen molar-refractivity contribution in [1.82, 2.24) is 10.2 Å². The Morgan fingerprint density at radius 3 is 2.29 bits per heavy atom. The molecule has 7 nitrogen and oxygen atoms in total. The molecule has 0 aromatic heterocycles. The van der Waals surface area contributed by atoms with Crippen LogP contribution in [-0.4, -0.2) is 42.8 Å². The lowest BCUT2D eigenvalue weighted by molar-refractivity contribution is -0.384. The van der Waals surface area contributed by atoms with Crippen LogP contribution >= 0.6 is 24.2 Å². The van der Waals surface area contributed by atoms with E-state index in [1.54, 1.807) is 50.1 Å². The molecule has 0 fully saturated rings. The van der Waals surface area contributed by atoms with Gasteiger partial charge in [-0.1, -0.05) is 12.1 Å². The summed E-state index contributed by atoms with van der Waals surface area (Å²) in [5.41, 5.74) is 1.20. The van der Waals surface area contributed by atoms with E-state index in [4.69, 9.17) is 4.74 Å². The number of hydrogen-bond acceptors (Lipinski definition) is 6. The van der Waals surface area contributed by atoms with E-state index in [2.05, 4.69) is 5.32 Å². The number of thioether (sulfide) groups is 1. The van der Waals surface area contributed by atoms with Gasteiger partial charge in [0.05, 0.1) is 4.92 Å². The van der Waals surface area contributed by atoms with Gasteiger partial charge >= 0.3 is 6.09 Å². The third-order valence-electron chi connectivity index (χ3n) is 3.92. The number of non-ortho nitro benzene ring substituents is 1. The van der Waals surface area contributed by atoms with Crippen LogP contribution in [0.2, 0.25) is 0 Å². The summed E-state index contributed by atoms with van der Waals surface area (Å²) >= 11 is 1.66. The zero-order valence-electron chi connectivity index (χ0n) is 16.0. The van der Waals surface area contributed by atoms with Gasteiger partial charge in [0.25, 0.3) is 5.69 Å². The van der Waals surface area contributed by atoms with Crippen LogP contribution in [-0.2, 0) is 0 Å². The monoisotopic (exact) mass is 425 g/mol. The average molecular weight is 426 g/mol. The van der Waals surface area contributed by atoms with Crippen molar-refractivity contribution >= 4 is 35.9 Å². The van der Waals surface area contributed by atoms with Crippen molar-refractivity contribution in [3.63, 3.8) is 0 Å². The number of hydrogen-bond donors (Lipinski definition) is 1. The fourth-order valence-electron chi connectivity index (χ4n) is 2.40. The van der Waals surface area contributed by atoms with Crippen LogP contribution in [0.5, 0.6) is 5.75 Å². The smallest absolute Gasteiger partial charge is 0.410 e. The van der Waals surface area contributed by atoms with E-state index in [0.717, 1.165) is 22.6 Å². The number of benzene rings is 2. The molecule has 1 N–H and O–H groups in total. The quantitative estimate of drug-likeness (QED) is 0.380. The van der Waals surface area contributed by atoms with Crippen LogP contribution in [0.25, 0.3) is 0 Å². The average Bonchev–Trinajstić information content (AvgIpc) is 2.66. The van der Waals surface area contributed by atoms with Crippen LogP contribution in [0.4, 0.5) is 10.5 Å². The Labute approximate surface area is 175 Å². The lowest BCUT2D eigenvalue weighted by Gasteiger charge is -2.17. The largest absolute Gasteiger partial charge is 0.414 e. The van der Waals surface area contributed by atoms with Gasteiger partial charge in [0.2, 0.25) is 0 Å². The molecule has 0 saturated heterocycles. The van der Waals surface area contributed by atoms with Crippen LogP contribution in [0.3, 0.4) is 0 Å². The standard InChI is InChI=1S/C19H23N3O4S.ClH/c1-20-18(12-13-27-17-10-6-15(7-11-17)22(24)25)14-4-8-16(9-5-14)26-19(23)21(2)3;/h4-11,18,20H,12-13H2,1-3H3;1H. The molecule has 0 aliphatic carbocycles. The lowest BCUT2D eigenvalue weighted by atomic mass is 10.0. The molecule has 0 spiro atoms. The molecule has 28 heavy (non-hydrogen) atoms. The minimum absolute atomic E-state index is 0. The van der Waals surface area contributed by atoms with Crippen molar-refractivity contribution in [2.24, 2.45) is 0 Å². The van der Waals surface area contributed by atoms with Gasteiger partial charge in [-0.2, -0.15) is 0 Å². The van der Waals surface area contributed by atoms with E-state index in [1.165, 1.54) is 17.0 Å². The van der Waals surface area contributed by atoms with Gasteiger partial charge in [-0.15, -0.1) is 24.2 Å². The Balaban J connectivity index is 0.00000392. The highest BCUT2D eigenvalue weighted by atomic mass is 35.5. The number of halogens is 1. The third-order valence-corrected chi connectivity index (χ3v) is 4.97. The summed E-state index contributed by atoms with van der Waals surface area (Å²) in [7, 11) is 5.17. The Morgan fingerprint density at radius 2 is 1.79 bits per heavy atom. The molecule has 0 saturated carbocycles. The Hall–Kier alpha value is -2.29. The number of carbonyl (C=O) groups is 1. The molecule has 9 heteroatoms. The van der Waals surface area contributed by atoms with Gasteiger partial charge in [0.1, 0.15) is 5.75 Å². The number of nitro benzene ring substituents is 1. The topological polar surface area (TPSA) is 84.7 Å². The van der Waals surface area contributed by atoms with E-state index in [-0.39, 0.29) is 24.1 Å². The second kappa shape index (κ2) is 11.5. The minimum Gasteiger partial charge on any atom is -0.410 e. The fourth-order valence-corrected chi connectivity index (χ4v) is 3.31. The normalized spacial score (nSPS) is 11.2. The number of rotatable bonds is 8. The van der Waals surface area contributed by atoms with Crippen molar-refractivity contribution in [3.8, 4) is 5.75 Å². The van der Waals surface area contributed by atoms with E-state index in [9.17, 15) is 14.9 Å². The molecule has 2 aromatic rings. The highest BCUT2D eigenvalue weighted by Crippen LogP contribution is 2.26. The molecule has 152 valence electrons. The van der Waals surface area contributed by atoms with Gasteiger partial charge < -0.3 is 15.0 Å². The predicted molar refractivity (Wildman–Crippen MR) is 114 cm³/mol. The number of ether oxygens (including phenoxy) is 1. The Morgan fingerprint density at radius 1 is 1.18 bits per heavy atom. The molecule has 0 heterocycles. The Bertz CT molecular complexity index is 770. The van der Waals surface area contributed by atoms with Crippen molar-refractivity contribution < 1.29 is 14.5 Å². The summed E-state index contributed by atoms with van der Waals surface area (Å²) in [6.45, 7) is 0. The van der Waals surface area contributed by atoms with E-state index in [1.807, 2.05) is 19.2 Å². The minimum atomic E-state index is -0.410. The summed E-state index contributed by atoms with van der Waals surface area (Å²) < 4.78 is 5.22. The third kappa shape index (κ3) is 7.03. The van der Waals surface area contributed by atoms with Gasteiger partial charge in [-0.05, 0) is 49.1 Å². The highest BCUT2D eigenvalue weighted by molar-refractivity contribution is 7.99. The molecular formula is C19H24ClN3O4S. The molecule has 1 amide bonds. The number of carbonyl (C=O) groups excluding carboxylic acids is 1. The number of nitrogens with one attached hydrogen (secondary N) is 1. The molecule has 1 atom stereocenters. The summed E-state index contributed by atoms with van der Waals surface area (Å²) in [5, 5.41) is 14.0. The highest BCUT2D eigenvalue weighted by Gasteiger charge is 2.12. The van der Waals surface area contributed by atoms with Crippen molar-refractivity contribution in [3.05, 3.63) is 64.2 Å². The maximum atomic E-state index is 11.6. The van der Waals surface area contributed by atoms with E-state index >= 15 is 0 Å². The number of nitro groups is 1. The fraction of sp³-hybridized carbons (Fsp3) is 0.316. The molecule has 0 bridgehead atoms. The first-order valence-electron chi connectivity index (χ1n) is 8.44. The Kier molecular flexibility index (Phi) is 9.78. The summed E-state index contributed by atoms with van der Waals surface area (Å²) in [4.78, 5) is 24.2. The maximum Gasteiger partial charge on any atom is 0.414 e. The van der Waals surface area contributed by atoms with Gasteiger partial charge in [-0.3, -0.25) is 10.1 Å². The molecule has 2 rings (SSSR count). The molecular weight excluding hydrogens is 402 g/mol. The molecule has 0 aliphatic rings. The maximum absolute atomic E-state index is 11.6. The first-order chi connectivity index (χ1) is 12.9. The van der Waals surface area contributed by atoms with Crippen LogP contribution in [0.15, 0.2) is 53.4 Å². The van der Waals surface area contributed by atoms with Crippen LogP contribution < -0.4 is 10.1 Å². The summed E-state index contributed by atoms with van der Waals surface area (Å²) in [6, 6.07) is 14.2. The summed E-state index contributed by atoms with van der Waals surface area (Å²) in [6.07, 6.45) is 0.474. The zero-order valence-corrected chi connectivity index (χ0v) is 17.6. The van der Waals surface area contributed by atoms with E-state index < -0.39 is 11.0 Å². The number of amides is 1. The first-order valence-corrected chi connectivity index (χ1v) is 9.43. The molecule has 1 unspecified atom stereocenters. The molecule has 0 aliphatic heterocycles. The van der Waals surface area contributed by atoms with Crippen molar-refractivity contribution in [2.75, 3.05) is 26.9 Å². The van der Waals surface area contributed by atoms with Crippen LogP contribution in [0.1, 0.15) is 18.0 Å². The molecule has 0 radical (unpaired) electrons. The second-order valence-electron chi connectivity index (χ2n) is 6.06. The second-order valence-corrected chi connectivity index (χ2v) is 7.23. The van der Waals surface area contributed by atoms with Crippen molar-refractivity contribution in [1.29, 1.82) is 0 Å². The van der Waals surface area contributed by atoms with Crippen molar-refractivity contribution in [2.45, 2.75) is 17.4 Å². The van der Waals surface area contributed by atoms with Gasteiger partial charge in [0.15, 0.2) is 0 Å². The van der Waals surface area contributed by atoms with Gasteiger partial charge in [-0.25, -0.2) is 4.79 Å². The first kappa shape index (κ1) is 23.7. The lowest BCUT2D eigenvalue weighted by Crippen LogP contribution is -2.25. The molecule has 2 aromatic carbocycles. The van der Waals surface area contributed by atoms with Crippen LogP contribution in [0, 0.1) is 10.1 Å². The number of nitrogens with zero attached hydrogens (tertiary/aromatic N) is 2. The summed E-state index contributed by atoms with van der Waals surface area (Å²) in [5.74, 6) is 1.37. The van der Waals surface area contributed by atoms with Gasteiger partial charge in [0, 0.05) is 37.2 Å².